The molecule has 7 heteroatoms. The molecule has 0 bridgehead atoms. The van der Waals surface area contributed by atoms with Crippen molar-refractivity contribution in [1.82, 2.24) is 0 Å². The van der Waals surface area contributed by atoms with Gasteiger partial charge in [-0.3, -0.25) is 9.59 Å². The molecule has 0 radical (unpaired) electrons. The topological polar surface area (TPSA) is 130 Å². The van der Waals surface area contributed by atoms with E-state index in [0.29, 0.717) is 0 Å². The van der Waals surface area contributed by atoms with Gasteiger partial charge in [-0.15, -0.1) is 0 Å². The van der Waals surface area contributed by atoms with Crippen LogP contribution < -0.4 is 11.5 Å². The zero-order chi connectivity index (χ0) is 12.0. The van der Waals surface area contributed by atoms with Crippen molar-refractivity contribution in [3.63, 3.8) is 0 Å². The summed E-state index contributed by atoms with van der Waals surface area (Å²) in [5, 5.41) is 0. The quantitative estimate of drug-likeness (QED) is 0.318. The molecule has 7 nitrogen and oxygen atoms in total. The number of Topliss-reactive ketones (excluding diaryl/α,β-unsaturated/α-hetero) is 1. The van der Waals surface area contributed by atoms with Crippen LogP contribution in [0.2, 0.25) is 0 Å². The van der Waals surface area contributed by atoms with E-state index >= 15 is 0 Å². The molecule has 0 unspecified atom stereocenters. The van der Waals surface area contributed by atoms with E-state index in [-0.39, 0.29) is 12.8 Å². The van der Waals surface area contributed by atoms with Gasteiger partial charge in [0.05, 0.1) is 0 Å². The zero-order valence-corrected chi connectivity index (χ0v) is 8.19. The molecule has 0 aliphatic heterocycles. The summed E-state index contributed by atoms with van der Waals surface area (Å²) in [5.74, 6) is -3.83. The average Bonchev–Trinajstić information content (AvgIpc) is 2.13. The van der Waals surface area contributed by atoms with Crippen molar-refractivity contribution in [2.75, 3.05) is 0 Å². The van der Waals surface area contributed by atoms with Gasteiger partial charge >= 0.3 is 11.9 Å². The molecule has 84 valence electrons. The normalized spacial score (nSPS) is 11.6. The highest BCUT2D eigenvalue weighted by Crippen LogP contribution is 1.97. The Balaban J connectivity index is 4.04. The number of nitrogens with two attached hydrogens (primary N) is 2. The van der Waals surface area contributed by atoms with E-state index in [1.54, 1.807) is 0 Å². The number of carbonyl (C=O) groups excluding carboxylic acids is 4. The van der Waals surface area contributed by atoms with Crippen LogP contribution >= 0.6 is 0 Å². The molecule has 0 fully saturated rings. The lowest BCUT2D eigenvalue weighted by atomic mass is 10.1. The fourth-order valence-corrected chi connectivity index (χ4v) is 0.655. The first-order valence-electron chi connectivity index (χ1n) is 4.15. The van der Waals surface area contributed by atoms with Crippen LogP contribution in [0, 0.1) is 0 Å². The first-order chi connectivity index (χ1) is 6.84. The van der Waals surface area contributed by atoms with Crippen LogP contribution in [0.4, 0.5) is 0 Å². The highest BCUT2D eigenvalue weighted by Gasteiger charge is 2.21. The van der Waals surface area contributed by atoms with Gasteiger partial charge in [0, 0.05) is 13.3 Å². The molecule has 0 aromatic rings. The van der Waals surface area contributed by atoms with Gasteiger partial charge in [0.2, 0.25) is 11.7 Å². The first-order valence-corrected chi connectivity index (χ1v) is 4.15. The van der Waals surface area contributed by atoms with Crippen molar-refractivity contribution in [3.05, 3.63) is 0 Å². The van der Waals surface area contributed by atoms with Crippen LogP contribution in [-0.2, 0) is 23.9 Å². The summed E-state index contributed by atoms with van der Waals surface area (Å²) in [5.41, 5.74) is 10.1. The van der Waals surface area contributed by atoms with Crippen LogP contribution in [0.25, 0.3) is 0 Å². The van der Waals surface area contributed by atoms with Crippen LogP contribution in [0.1, 0.15) is 19.8 Å². The third-order valence-electron chi connectivity index (χ3n) is 1.49. The van der Waals surface area contributed by atoms with Gasteiger partial charge in [-0.1, -0.05) is 0 Å². The number of hydrogen-bond acceptors (Lipinski definition) is 6. The molecule has 0 saturated carbocycles. The summed E-state index contributed by atoms with van der Waals surface area (Å²) < 4.78 is 4.10. The molecule has 0 aromatic heterocycles. The van der Waals surface area contributed by atoms with Crippen LogP contribution in [-0.4, -0.2) is 29.7 Å². The predicted molar refractivity (Wildman–Crippen MR) is 48.2 cm³/mol. The van der Waals surface area contributed by atoms with Gasteiger partial charge in [0.25, 0.3) is 0 Å². The molecule has 0 aromatic carbocycles. The van der Waals surface area contributed by atoms with Crippen molar-refractivity contribution in [3.8, 4) is 0 Å². The van der Waals surface area contributed by atoms with E-state index < -0.39 is 29.7 Å². The molecule has 0 heterocycles. The van der Waals surface area contributed by atoms with E-state index in [1.807, 2.05) is 0 Å². The summed E-state index contributed by atoms with van der Waals surface area (Å²) >= 11 is 0. The van der Waals surface area contributed by atoms with Crippen molar-refractivity contribution in [1.29, 1.82) is 0 Å². The van der Waals surface area contributed by atoms with E-state index in [0.717, 1.165) is 6.92 Å². The third kappa shape index (κ3) is 5.53. The Labute approximate surface area is 85.7 Å². The Bertz CT molecular complexity index is 299. The second-order valence-electron chi connectivity index (χ2n) is 2.88. The molecule has 1 atom stereocenters. The molecule has 0 aliphatic rings. The Morgan fingerprint density at radius 3 is 2.20 bits per heavy atom. The smallest absolute Gasteiger partial charge is 0.381 e. The summed E-state index contributed by atoms with van der Waals surface area (Å²) in [4.78, 5) is 42.4. The maximum absolute atomic E-state index is 11.0. The van der Waals surface area contributed by atoms with E-state index in [9.17, 15) is 19.2 Å². The second-order valence-corrected chi connectivity index (χ2v) is 2.88. The Hall–Kier alpha value is -1.76. The third-order valence-corrected chi connectivity index (χ3v) is 1.49. The number of ketones is 1. The van der Waals surface area contributed by atoms with Crippen LogP contribution in [0.3, 0.4) is 0 Å². The SMILES string of the molecule is CC(=O)C(=O)OC(=O)[C@@H](N)CCC(N)=O. The molecule has 0 saturated heterocycles. The Morgan fingerprint density at radius 1 is 1.27 bits per heavy atom. The summed E-state index contributed by atoms with van der Waals surface area (Å²) in [6.07, 6.45) is -0.121. The van der Waals surface area contributed by atoms with Gasteiger partial charge in [0.15, 0.2) is 0 Å². The molecule has 4 N–H and O–H groups in total. The van der Waals surface area contributed by atoms with E-state index in [1.165, 1.54) is 0 Å². The van der Waals surface area contributed by atoms with Gasteiger partial charge in [0.1, 0.15) is 6.04 Å². The van der Waals surface area contributed by atoms with Gasteiger partial charge in [-0.2, -0.15) is 0 Å². The number of primary amides is 1. The number of ether oxygens (including phenoxy) is 1. The number of rotatable bonds is 5. The number of esters is 2. The fraction of sp³-hybridized carbons (Fsp3) is 0.500. The second kappa shape index (κ2) is 5.86. The molecular formula is C8H12N2O5. The van der Waals surface area contributed by atoms with E-state index in [4.69, 9.17) is 11.5 Å². The van der Waals surface area contributed by atoms with Crippen molar-refractivity contribution < 1.29 is 23.9 Å². The number of amides is 1. The zero-order valence-electron chi connectivity index (χ0n) is 8.19. The highest BCUT2D eigenvalue weighted by atomic mass is 16.6. The average molecular weight is 216 g/mol. The molecule has 1 amide bonds. The predicted octanol–water partition coefficient (Wildman–Crippen LogP) is -1.76. The lowest BCUT2D eigenvalue weighted by Gasteiger charge is -2.07. The van der Waals surface area contributed by atoms with Crippen molar-refractivity contribution in [2.45, 2.75) is 25.8 Å². The molecule has 0 spiro atoms. The van der Waals surface area contributed by atoms with Crippen molar-refractivity contribution >= 4 is 23.6 Å². The standard InChI is InChI=1S/C8H12N2O5/c1-4(11)7(13)15-8(14)5(9)2-3-6(10)12/h5H,2-3,9H2,1H3,(H2,10,12)/t5-/m0/s1. The summed E-state index contributed by atoms with van der Waals surface area (Å²) in [6, 6.07) is -1.14. The summed E-state index contributed by atoms with van der Waals surface area (Å²) in [7, 11) is 0. The van der Waals surface area contributed by atoms with Gasteiger partial charge < -0.3 is 16.2 Å². The fourth-order valence-electron chi connectivity index (χ4n) is 0.655. The first kappa shape index (κ1) is 13.2. The van der Waals surface area contributed by atoms with Crippen molar-refractivity contribution in [2.24, 2.45) is 11.5 Å². The van der Waals surface area contributed by atoms with Crippen LogP contribution in [0.5, 0.6) is 0 Å². The lowest BCUT2D eigenvalue weighted by molar-refractivity contribution is -0.164. The van der Waals surface area contributed by atoms with Gasteiger partial charge in [-0.25, -0.2) is 9.59 Å². The summed E-state index contributed by atoms with van der Waals surface area (Å²) in [6.45, 7) is 0.963. The lowest BCUT2D eigenvalue weighted by Crippen LogP contribution is -2.36. The minimum Gasteiger partial charge on any atom is -0.386 e. The maximum Gasteiger partial charge on any atom is 0.381 e. The molecular weight excluding hydrogens is 204 g/mol. The molecule has 0 rings (SSSR count). The monoisotopic (exact) mass is 216 g/mol. The Kier molecular flexibility index (Phi) is 5.18. The molecule has 15 heavy (non-hydrogen) atoms. The maximum atomic E-state index is 11.0. The number of hydrogen-bond donors (Lipinski definition) is 2. The van der Waals surface area contributed by atoms with Gasteiger partial charge in [-0.05, 0) is 6.42 Å². The highest BCUT2D eigenvalue weighted by molar-refractivity contribution is 6.34. The molecule has 0 aliphatic carbocycles. The number of carbonyl (C=O) groups is 4. The Morgan fingerprint density at radius 2 is 1.80 bits per heavy atom. The minimum absolute atomic E-state index is 0.0284. The minimum atomic E-state index is -1.27. The largest absolute Gasteiger partial charge is 0.386 e. The van der Waals surface area contributed by atoms with Crippen LogP contribution in [0.15, 0.2) is 0 Å². The van der Waals surface area contributed by atoms with E-state index in [2.05, 4.69) is 4.74 Å².